The molecule has 3 rings (SSSR count). The molecule has 0 bridgehead atoms. The van der Waals surface area contributed by atoms with Gasteiger partial charge in [0.1, 0.15) is 0 Å². The van der Waals surface area contributed by atoms with Crippen LogP contribution < -0.4 is 18.9 Å². The molecule has 0 saturated carbocycles. The minimum atomic E-state index is -0.0611. The molecular formula is C23H29ClN2O5. The second kappa shape index (κ2) is 10.6. The maximum Gasteiger partial charge on any atom is 0.254 e. The topological polar surface area (TPSA) is 60.5 Å². The van der Waals surface area contributed by atoms with Gasteiger partial charge in [-0.25, -0.2) is 0 Å². The average Bonchev–Trinajstić information content (AvgIpc) is 2.80. The van der Waals surface area contributed by atoms with Crippen LogP contribution in [0.3, 0.4) is 0 Å². The van der Waals surface area contributed by atoms with Gasteiger partial charge in [-0.1, -0.05) is 17.7 Å². The van der Waals surface area contributed by atoms with E-state index < -0.39 is 0 Å². The Bertz CT molecular complexity index is 913. The Morgan fingerprint density at radius 2 is 1.61 bits per heavy atom. The normalized spacial score (nSPS) is 14.3. The number of methoxy groups -OCH3 is 3. The minimum absolute atomic E-state index is 0.0611. The zero-order valence-electron chi connectivity index (χ0n) is 18.4. The van der Waals surface area contributed by atoms with Gasteiger partial charge < -0.3 is 23.8 Å². The molecule has 2 aromatic carbocycles. The number of hydrogen-bond donors (Lipinski definition) is 0. The lowest BCUT2D eigenvalue weighted by Crippen LogP contribution is -2.48. The number of ether oxygens (including phenoxy) is 4. The van der Waals surface area contributed by atoms with Crippen molar-refractivity contribution in [2.45, 2.75) is 13.5 Å². The van der Waals surface area contributed by atoms with Crippen LogP contribution in [0.1, 0.15) is 22.8 Å². The second-order valence-electron chi connectivity index (χ2n) is 7.18. The summed E-state index contributed by atoms with van der Waals surface area (Å²) in [5.41, 5.74) is 1.64. The number of halogens is 1. The zero-order chi connectivity index (χ0) is 22.4. The molecule has 168 valence electrons. The van der Waals surface area contributed by atoms with Crippen molar-refractivity contribution < 1.29 is 23.7 Å². The SMILES string of the molecule is CCOc1c(Cl)cc(C(=O)N2CCN(Cc3ccc(OC)c(OC)c3)CC2)cc1OC. The van der Waals surface area contributed by atoms with Crippen LogP contribution in [0.25, 0.3) is 0 Å². The van der Waals surface area contributed by atoms with Crippen molar-refractivity contribution in [1.29, 1.82) is 0 Å². The van der Waals surface area contributed by atoms with E-state index in [0.29, 0.717) is 47.5 Å². The minimum Gasteiger partial charge on any atom is -0.493 e. The van der Waals surface area contributed by atoms with Crippen LogP contribution >= 0.6 is 11.6 Å². The number of nitrogens with zero attached hydrogens (tertiary/aromatic N) is 2. The number of piperazine rings is 1. The molecule has 0 aliphatic carbocycles. The van der Waals surface area contributed by atoms with Gasteiger partial charge in [0, 0.05) is 38.3 Å². The first-order valence-electron chi connectivity index (χ1n) is 10.2. The quantitative estimate of drug-likeness (QED) is 0.613. The molecule has 1 fully saturated rings. The van der Waals surface area contributed by atoms with Gasteiger partial charge in [0.2, 0.25) is 0 Å². The Balaban J connectivity index is 1.63. The molecule has 0 spiro atoms. The van der Waals surface area contributed by atoms with E-state index in [-0.39, 0.29) is 5.91 Å². The van der Waals surface area contributed by atoms with E-state index in [1.165, 1.54) is 7.11 Å². The van der Waals surface area contributed by atoms with Crippen molar-refractivity contribution in [3.05, 3.63) is 46.5 Å². The van der Waals surface area contributed by atoms with Crippen LogP contribution in [0.2, 0.25) is 5.02 Å². The maximum absolute atomic E-state index is 13.0. The van der Waals surface area contributed by atoms with Crippen molar-refractivity contribution in [2.24, 2.45) is 0 Å². The summed E-state index contributed by atoms with van der Waals surface area (Å²) in [7, 11) is 4.80. The number of hydrogen-bond acceptors (Lipinski definition) is 6. The van der Waals surface area contributed by atoms with Crippen molar-refractivity contribution >= 4 is 17.5 Å². The standard InChI is InChI=1S/C23H29ClN2O5/c1-5-31-22-18(24)13-17(14-21(22)30-4)23(27)26-10-8-25(9-11-26)15-16-6-7-19(28-2)20(12-16)29-3/h6-7,12-14H,5,8-11,15H2,1-4H3. The molecule has 1 saturated heterocycles. The summed E-state index contributed by atoms with van der Waals surface area (Å²) in [5.74, 6) is 2.29. The highest BCUT2D eigenvalue weighted by Crippen LogP contribution is 2.37. The van der Waals surface area contributed by atoms with Crippen LogP contribution in [0, 0.1) is 0 Å². The Kier molecular flexibility index (Phi) is 7.87. The third kappa shape index (κ3) is 5.35. The summed E-state index contributed by atoms with van der Waals surface area (Å²) in [6, 6.07) is 9.28. The van der Waals surface area contributed by atoms with Gasteiger partial charge >= 0.3 is 0 Å². The van der Waals surface area contributed by atoms with Crippen molar-refractivity contribution in [3.8, 4) is 23.0 Å². The van der Waals surface area contributed by atoms with Gasteiger partial charge in [-0.2, -0.15) is 0 Å². The lowest BCUT2D eigenvalue weighted by Gasteiger charge is -2.35. The highest BCUT2D eigenvalue weighted by Gasteiger charge is 2.24. The molecule has 0 aromatic heterocycles. The number of amides is 1. The van der Waals surface area contributed by atoms with Crippen molar-refractivity contribution in [3.63, 3.8) is 0 Å². The molecule has 7 nitrogen and oxygen atoms in total. The van der Waals surface area contributed by atoms with Crippen molar-refractivity contribution in [2.75, 3.05) is 54.1 Å². The fourth-order valence-electron chi connectivity index (χ4n) is 3.66. The average molecular weight is 449 g/mol. The summed E-state index contributed by atoms with van der Waals surface area (Å²) in [5, 5.41) is 0.372. The van der Waals surface area contributed by atoms with Crippen LogP contribution in [-0.4, -0.2) is 69.8 Å². The van der Waals surface area contributed by atoms with Crippen LogP contribution in [0.15, 0.2) is 30.3 Å². The first-order chi connectivity index (χ1) is 15.0. The van der Waals surface area contributed by atoms with E-state index in [4.69, 9.17) is 30.5 Å². The van der Waals surface area contributed by atoms with Gasteiger partial charge in [-0.3, -0.25) is 9.69 Å². The molecule has 1 aliphatic heterocycles. The van der Waals surface area contributed by atoms with Gasteiger partial charge in [0.25, 0.3) is 5.91 Å². The number of rotatable bonds is 8. The largest absolute Gasteiger partial charge is 0.493 e. The fourth-order valence-corrected chi connectivity index (χ4v) is 3.92. The lowest BCUT2D eigenvalue weighted by atomic mass is 10.1. The summed E-state index contributed by atoms with van der Waals surface area (Å²) in [4.78, 5) is 17.2. The van der Waals surface area contributed by atoms with Crippen LogP contribution in [0.4, 0.5) is 0 Å². The predicted octanol–water partition coefficient (Wildman–Crippen LogP) is 3.72. The van der Waals surface area contributed by atoms with Gasteiger partial charge in [0.15, 0.2) is 23.0 Å². The molecule has 0 radical (unpaired) electrons. The highest BCUT2D eigenvalue weighted by molar-refractivity contribution is 6.32. The first kappa shape index (κ1) is 23.0. The fraction of sp³-hybridized carbons (Fsp3) is 0.435. The van der Waals surface area contributed by atoms with Gasteiger partial charge in [-0.05, 0) is 36.8 Å². The van der Waals surface area contributed by atoms with E-state index >= 15 is 0 Å². The zero-order valence-corrected chi connectivity index (χ0v) is 19.2. The van der Waals surface area contributed by atoms with E-state index in [0.717, 1.165) is 30.9 Å². The van der Waals surface area contributed by atoms with Gasteiger partial charge in [-0.15, -0.1) is 0 Å². The molecule has 0 unspecified atom stereocenters. The summed E-state index contributed by atoms with van der Waals surface area (Å²) in [6.07, 6.45) is 0. The third-order valence-corrected chi connectivity index (χ3v) is 5.56. The molecule has 1 heterocycles. The third-order valence-electron chi connectivity index (χ3n) is 5.28. The molecule has 2 aromatic rings. The molecule has 8 heteroatoms. The Morgan fingerprint density at radius 3 is 2.23 bits per heavy atom. The molecular weight excluding hydrogens is 420 g/mol. The number of carbonyl (C=O) groups excluding carboxylic acids is 1. The van der Waals surface area contributed by atoms with Gasteiger partial charge in [0.05, 0.1) is 33.0 Å². The van der Waals surface area contributed by atoms with E-state index in [9.17, 15) is 4.79 Å². The Hall–Kier alpha value is -2.64. The predicted molar refractivity (Wildman–Crippen MR) is 120 cm³/mol. The molecule has 31 heavy (non-hydrogen) atoms. The Morgan fingerprint density at radius 1 is 0.935 bits per heavy atom. The second-order valence-corrected chi connectivity index (χ2v) is 7.59. The van der Waals surface area contributed by atoms with Crippen molar-refractivity contribution in [1.82, 2.24) is 9.80 Å². The first-order valence-corrected chi connectivity index (χ1v) is 10.6. The van der Waals surface area contributed by atoms with E-state index in [2.05, 4.69) is 4.90 Å². The Labute approximate surface area is 188 Å². The molecule has 0 atom stereocenters. The lowest BCUT2D eigenvalue weighted by molar-refractivity contribution is 0.0628. The molecule has 1 aliphatic rings. The molecule has 0 N–H and O–H groups in total. The van der Waals surface area contributed by atoms with Crippen LogP contribution in [0.5, 0.6) is 23.0 Å². The summed E-state index contributed by atoms with van der Waals surface area (Å²) in [6.45, 7) is 5.95. The summed E-state index contributed by atoms with van der Waals surface area (Å²) < 4.78 is 21.6. The maximum atomic E-state index is 13.0. The summed E-state index contributed by atoms with van der Waals surface area (Å²) >= 11 is 6.33. The molecule has 1 amide bonds. The monoisotopic (exact) mass is 448 g/mol. The van der Waals surface area contributed by atoms with E-state index in [1.54, 1.807) is 26.4 Å². The van der Waals surface area contributed by atoms with E-state index in [1.807, 2.05) is 30.0 Å². The highest BCUT2D eigenvalue weighted by atomic mass is 35.5. The smallest absolute Gasteiger partial charge is 0.254 e. The number of carbonyl (C=O) groups is 1. The van der Waals surface area contributed by atoms with Crippen LogP contribution in [-0.2, 0) is 6.54 Å². The number of benzene rings is 2.